The molecule has 0 heterocycles. The molecule has 1 aromatic rings. The minimum absolute atomic E-state index is 0.0556. The molecule has 1 aromatic carbocycles. The van der Waals surface area contributed by atoms with Crippen molar-refractivity contribution in [1.82, 2.24) is 0 Å². The van der Waals surface area contributed by atoms with Gasteiger partial charge in [-0.1, -0.05) is 0 Å². The van der Waals surface area contributed by atoms with Crippen molar-refractivity contribution in [2.45, 2.75) is 32.2 Å². The molecule has 0 aliphatic heterocycles. The van der Waals surface area contributed by atoms with Gasteiger partial charge in [0, 0.05) is 18.2 Å². The topological polar surface area (TPSA) is 98.2 Å². The van der Waals surface area contributed by atoms with E-state index >= 15 is 0 Å². The molecule has 0 saturated carbocycles. The van der Waals surface area contributed by atoms with Crippen molar-refractivity contribution in [1.29, 1.82) is 0 Å². The molecule has 1 rings (SSSR count). The summed E-state index contributed by atoms with van der Waals surface area (Å²) in [6, 6.07) is 3.75. The summed E-state index contributed by atoms with van der Waals surface area (Å²) in [5.41, 5.74) is 10.7. The maximum atomic E-state index is 13.2. The van der Waals surface area contributed by atoms with Crippen LogP contribution in [0.4, 0.5) is 10.1 Å². The zero-order chi connectivity index (χ0) is 14.4. The molecule has 5 N–H and O–H groups in total. The van der Waals surface area contributed by atoms with Gasteiger partial charge in [-0.25, -0.2) is 4.39 Å². The fraction of sp³-hybridized carbons (Fsp3) is 0.385. The normalized spacial score (nSPS) is 11.9. The Labute approximate surface area is 111 Å². The van der Waals surface area contributed by atoms with E-state index in [-0.39, 0.29) is 17.5 Å². The van der Waals surface area contributed by atoms with Gasteiger partial charge in [0.25, 0.3) is 5.91 Å². The van der Waals surface area contributed by atoms with Crippen LogP contribution in [0.1, 0.15) is 36.5 Å². The van der Waals surface area contributed by atoms with Crippen LogP contribution in [-0.4, -0.2) is 17.9 Å². The van der Waals surface area contributed by atoms with E-state index in [0.29, 0.717) is 18.5 Å². The zero-order valence-corrected chi connectivity index (χ0v) is 10.8. The summed E-state index contributed by atoms with van der Waals surface area (Å²) in [7, 11) is 0. The molecule has 1 unspecified atom stereocenters. The highest BCUT2D eigenvalue weighted by molar-refractivity contribution is 5.96. The van der Waals surface area contributed by atoms with E-state index in [1.807, 2.05) is 6.92 Å². The molecule has 104 valence electrons. The molecule has 0 fully saturated rings. The predicted octanol–water partition coefficient (Wildman–Crippen LogP) is 1.38. The van der Waals surface area contributed by atoms with Gasteiger partial charge in [-0.3, -0.25) is 9.59 Å². The first-order valence-corrected chi connectivity index (χ1v) is 6.05. The molecule has 0 aliphatic rings. The maximum absolute atomic E-state index is 13.2. The minimum Gasteiger partial charge on any atom is -0.366 e. The molecule has 0 bridgehead atoms. The lowest BCUT2D eigenvalue weighted by molar-refractivity contribution is -0.116. The van der Waals surface area contributed by atoms with Crippen molar-refractivity contribution in [3.05, 3.63) is 29.6 Å². The monoisotopic (exact) mass is 267 g/mol. The molecule has 2 amide bonds. The van der Waals surface area contributed by atoms with Crippen molar-refractivity contribution in [2.24, 2.45) is 11.5 Å². The third kappa shape index (κ3) is 5.05. The lowest BCUT2D eigenvalue weighted by Gasteiger charge is -2.08. The number of benzene rings is 1. The second kappa shape index (κ2) is 6.84. The summed E-state index contributed by atoms with van der Waals surface area (Å²) in [5.74, 6) is -1.78. The molecular formula is C13H18FN3O2. The fourth-order valence-electron chi connectivity index (χ4n) is 1.60. The quantitative estimate of drug-likeness (QED) is 0.726. The average Bonchev–Trinajstić information content (AvgIpc) is 2.30. The zero-order valence-electron chi connectivity index (χ0n) is 10.8. The molecule has 6 heteroatoms. The molecule has 0 radical (unpaired) electrons. The van der Waals surface area contributed by atoms with E-state index in [9.17, 15) is 14.0 Å². The standard InChI is InChI=1S/C13H18FN3O2/c1-8(15)3-2-4-12(18)17-9-5-6-11(14)10(7-9)13(16)19/h5-8H,2-4,15H2,1H3,(H2,16,19)(H,17,18). The number of halogens is 1. The molecule has 0 saturated heterocycles. The molecule has 19 heavy (non-hydrogen) atoms. The number of primary amides is 1. The van der Waals surface area contributed by atoms with Gasteiger partial charge in [-0.2, -0.15) is 0 Å². The van der Waals surface area contributed by atoms with Crippen molar-refractivity contribution < 1.29 is 14.0 Å². The summed E-state index contributed by atoms with van der Waals surface area (Å²) in [6.45, 7) is 1.87. The Morgan fingerprint density at radius 1 is 1.42 bits per heavy atom. The number of anilines is 1. The van der Waals surface area contributed by atoms with Gasteiger partial charge in [0.2, 0.25) is 5.91 Å². The van der Waals surface area contributed by atoms with E-state index in [2.05, 4.69) is 5.32 Å². The van der Waals surface area contributed by atoms with Crippen molar-refractivity contribution >= 4 is 17.5 Å². The SMILES string of the molecule is CC(N)CCCC(=O)Nc1ccc(F)c(C(N)=O)c1. The van der Waals surface area contributed by atoms with Crippen LogP contribution in [0.15, 0.2) is 18.2 Å². The smallest absolute Gasteiger partial charge is 0.251 e. The lowest BCUT2D eigenvalue weighted by Crippen LogP contribution is -2.17. The van der Waals surface area contributed by atoms with Crippen LogP contribution in [-0.2, 0) is 4.79 Å². The number of nitrogens with two attached hydrogens (primary N) is 2. The third-order valence-corrected chi connectivity index (χ3v) is 2.58. The first kappa shape index (κ1) is 15.1. The van der Waals surface area contributed by atoms with E-state index in [1.165, 1.54) is 12.1 Å². The van der Waals surface area contributed by atoms with Gasteiger partial charge in [0.1, 0.15) is 5.82 Å². The first-order chi connectivity index (χ1) is 8.90. The van der Waals surface area contributed by atoms with E-state index in [0.717, 1.165) is 12.5 Å². The molecule has 0 aliphatic carbocycles. The van der Waals surface area contributed by atoms with Gasteiger partial charge in [-0.05, 0) is 38.0 Å². The summed E-state index contributed by atoms with van der Waals surface area (Å²) >= 11 is 0. The largest absolute Gasteiger partial charge is 0.366 e. The number of carbonyl (C=O) groups is 2. The number of hydrogen-bond acceptors (Lipinski definition) is 3. The Bertz CT molecular complexity index is 475. The molecule has 0 aromatic heterocycles. The summed E-state index contributed by atoms with van der Waals surface area (Å²) < 4.78 is 13.2. The van der Waals surface area contributed by atoms with E-state index < -0.39 is 11.7 Å². The minimum atomic E-state index is -0.870. The molecular weight excluding hydrogens is 249 g/mol. The predicted molar refractivity (Wildman–Crippen MR) is 71.0 cm³/mol. The van der Waals surface area contributed by atoms with Gasteiger partial charge >= 0.3 is 0 Å². The van der Waals surface area contributed by atoms with Crippen LogP contribution >= 0.6 is 0 Å². The van der Waals surface area contributed by atoms with E-state index in [4.69, 9.17) is 11.5 Å². The number of amides is 2. The van der Waals surface area contributed by atoms with Crippen LogP contribution < -0.4 is 16.8 Å². The molecule has 0 spiro atoms. The van der Waals surface area contributed by atoms with Crippen molar-refractivity contribution in [3.8, 4) is 0 Å². The molecule has 1 atom stereocenters. The van der Waals surface area contributed by atoms with Gasteiger partial charge in [0.05, 0.1) is 5.56 Å². The first-order valence-electron chi connectivity index (χ1n) is 6.05. The van der Waals surface area contributed by atoms with Crippen molar-refractivity contribution in [2.75, 3.05) is 5.32 Å². The molecule has 5 nitrogen and oxygen atoms in total. The van der Waals surface area contributed by atoms with Crippen LogP contribution in [0.2, 0.25) is 0 Å². The number of carbonyl (C=O) groups excluding carboxylic acids is 2. The lowest BCUT2D eigenvalue weighted by atomic mass is 10.1. The maximum Gasteiger partial charge on any atom is 0.251 e. The Balaban J connectivity index is 2.60. The van der Waals surface area contributed by atoms with Gasteiger partial charge in [-0.15, -0.1) is 0 Å². The summed E-state index contributed by atoms with van der Waals surface area (Å²) in [5, 5.41) is 2.58. The Kier molecular flexibility index (Phi) is 5.44. The van der Waals surface area contributed by atoms with Crippen LogP contribution in [0.3, 0.4) is 0 Å². The second-order valence-electron chi connectivity index (χ2n) is 4.48. The number of nitrogens with one attached hydrogen (secondary N) is 1. The summed E-state index contributed by atoms with van der Waals surface area (Å²) in [4.78, 5) is 22.6. The van der Waals surface area contributed by atoms with Crippen LogP contribution in [0, 0.1) is 5.82 Å². The second-order valence-corrected chi connectivity index (χ2v) is 4.48. The Hall–Kier alpha value is -1.95. The highest BCUT2D eigenvalue weighted by Gasteiger charge is 2.10. The average molecular weight is 267 g/mol. The summed E-state index contributed by atoms with van der Waals surface area (Å²) in [6.07, 6.45) is 1.75. The van der Waals surface area contributed by atoms with Gasteiger partial charge < -0.3 is 16.8 Å². The number of rotatable bonds is 6. The highest BCUT2D eigenvalue weighted by atomic mass is 19.1. The van der Waals surface area contributed by atoms with Crippen LogP contribution in [0.25, 0.3) is 0 Å². The van der Waals surface area contributed by atoms with E-state index in [1.54, 1.807) is 0 Å². The Morgan fingerprint density at radius 2 is 2.11 bits per heavy atom. The van der Waals surface area contributed by atoms with Crippen molar-refractivity contribution in [3.63, 3.8) is 0 Å². The fourth-order valence-corrected chi connectivity index (χ4v) is 1.60. The highest BCUT2D eigenvalue weighted by Crippen LogP contribution is 2.15. The number of hydrogen-bond donors (Lipinski definition) is 3. The van der Waals surface area contributed by atoms with Crippen LogP contribution in [0.5, 0.6) is 0 Å². The third-order valence-electron chi connectivity index (χ3n) is 2.58. The van der Waals surface area contributed by atoms with Gasteiger partial charge in [0.15, 0.2) is 0 Å². The Morgan fingerprint density at radius 3 is 2.68 bits per heavy atom.